The van der Waals surface area contributed by atoms with Crippen molar-refractivity contribution in [1.29, 1.82) is 0 Å². The first-order valence-electron chi connectivity index (χ1n) is 6.83. The van der Waals surface area contributed by atoms with Gasteiger partial charge in [0.15, 0.2) is 0 Å². The molecule has 0 saturated heterocycles. The molecule has 0 heterocycles. The molecule has 2 saturated carbocycles. The van der Waals surface area contributed by atoms with Gasteiger partial charge in [0, 0.05) is 20.0 Å². The molecule has 0 bridgehead atoms. The summed E-state index contributed by atoms with van der Waals surface area (Å²) in [7, 11) is 3.86. The van der Waals surface area contributed by atoms with E-state index in [2.05, 4.69) is 5.32 Å². The van der Waals surface area contributed by atoms with Gasteiger partial charge in [0.1, 0.15) is 0 Å². The summed E-state index contributed by atoms with van der Waals surface area (Å²) in [4.78, 5) is 14.2. The normalized spacial score (nSPS) is 27.8. The standard InChI is InChI=1S/C15H19ClN2O/c1-18(2)14-12(16)4-3-5-13(14)17-15(19)11-7-9-6-10(9)8-11/h3-5,9-11H,6-8H2,1-2H3,(H,17,19). The van der Waals surface area contributed by atoms with Crippen LogP contribution in [0.2, 0.25) is 5.02 Å². The number of amides is 1. The lowest BCUT2D eigenvalue weighted by Crippen LogP contribution is -2.23. The number of benzene rings is 1. The number of para-hydroxylation sites is 1. The van der Waals surface area contributed by atoms with Gasteiger partial charge in [-0.1, -0.05) is 17.7 Å². The Kier molecular flexibility index (Phi) is 3.17. The van der Waals surface area contributed by atoms with Gasteiger partial charge in [-0.05, 0) is 43.2 Å². The van der Waals surface area contributed by atoms with Crippen LogP contribution in [-0.4, -0.2) is 20.0 Å². The summed E-state index contributed by atoms with van der Waals surface area (Å²) in [5.74, 6) is 1.99. The van der Waals surface area contributed by atoms with Gasteiger partial charge in [0.25, 0.3) is 0 Å². The number of hydrogen-bond acceptors (Lipinski definition) is 2. The molecule has 2 atom stereocenters. The fourth-order valence-electron chi connectivity index (χ4n) is 3.23. The molecule has 19 heavy (non-hydrogen) atoms. The van der Waals surface area contributed by atoms with E-state index in [1.165, 1.54) is 6.42 Å². The van der Waals surface area contributed by atoms with E-state index in [-0.39, 0.29) is 11.8 Å². The van der Waals surface area contributed by atoms with Crippen LogP contribution >= 0.6 is 11.6 Å². The molecule has 1 amide bonds. The van der Waals surface area contributed by atoms with Gasteiger partial charge < -0.3 is 10.2 Å². The molecular formula is C15H19ClN2O. The summed E-state index contributed by atoms with van der Waals surface area (Å²) in [5, 5.41) is 3.71. The van der Waals surface area contributed by atoms with Crippen LogP contribution < -0.4 is 10.2 Å². The Hall–Kier alpha value is -1.22. The Labute approximate surface area is 118 Å². The Morgan fingerprint density at radius 3 is 2.58 bits per heavy atom. The second kappa shape index (κ2) is 4.71. The molecule has 3 rings (SSSR count). The Balaban J connectivity index is 1.75. The van der Waals surface area contributed by atoms with E-state index in [9.17, 15) is 4.79 Å². The van der Waals surface area contributed by atoms with E-state index < -0.39 is 0 Å². The monoisotopic (exact) mass is 278 g/mol. The van der Waals surface area contributed by atoms with Gasteiger partial charge in [0.2, 0.25) is 5.91 Å². The van der Waals surface area contributed by atoms with Gasteiger partial charge in [-0.2, -0.15) is 0 Å². The average molecular weight is 279 g/mol. The zero-order chi connectivity index (χ0) is 13.6. The van der Waals surface area contributed by atoms with Crippen LogP contribution in [0, 0.1) is 17.8 Å². The van der Waals surface area contributed by atoms with Crippen LogP contribution in [0.3, 0.4) is 0 Å². The number of carbonyl (C=O) groups excluding carboxylic acids is 1. The number of rotatable bonds is 3. The quantitative estimate of drug-likeness (QED) is 0.919. The molecule has 0 spiro atoms. The highest BCUT2D eigenvalue weighted by Gasteiger charge is 2.48. The second-order valence-corrected chi connectivity index (χ2v) is 6.35. The van der Waals surface area contributed by atoms with Crippen molar-refractivity contribution in [2.45, 2.75) is 19.3 Å². The molecule has 0 aromatic heterocycles. The van der Waals surface area contributed by atoms with Crippen LogP contribution in [0.15, 0.2) is 18.2 Å². The molecular weight excluding hydrogens is 260 g/mol. The summed E-state index contributed by atoms with van der Waals surface area (Å²) in [6.45, 7) is 0. The van der Waals surface area contributed by atoms with Crippen molar-refractivity contribution < 1.29 is 4.79 Å². The summed E-state index contributed by atoms with van der Waals surface area (Å²) in [5.41, 5.74) is 1.68. The maximum Gasteiger partial charge on any atom is 0.227 e. The summed E-state index contributed by atoms with van der Waals surface area (Å²) in [6, 6.07) is 5.63. The van der Waals surface area contributed by atoms with Crippen molar-refractivity contribution >= 4 is 28.9 Å². The Bertz CT molecular complexity index is 505. The predicted octanol–water partition coefficient (Wildman–Crippen LogP) is 3.39. The lowest BCUT2D eigenvalue weighted by molar-refractivity contribution is -0.119. The maximum absolute atomic E-state index is 12.3. The summed E-state index contributed by atoms with van der Waals surface area (Å²) >= 11 is 6.20. The molecule has 3 nitrogen and oxygen atoms in total. The van der Waals surface area contributed by atoms with E-state index in [1.807, 2.05) is 37.2 Å². The van der Waals surface area contributed by atoms with Crippen LogP contribution in [0.25, 0.3) is 0 Å². The summed E-state index contributed by atoms with van der Waals surface area (Å²) in [6.07, 6.45) is 3.46. The Morgan fingerprint density at radius 1 is 1.26 bits per heavy atom. The minimum absolute atomic E-state index is 0.151. The van der Waals surface area contributed by atoms with Crippen LogP contribution in [0.4, 0.5) is 11.4 Å². The Morgan fingerprint density at radius 2 is 1.95 bits per heavy atom. The summed E-state index contributed by atoms with van der Waals surface area (Å²) < 4.78 is 0. The van der Waals surface area contributed by atoms with Gasteiger partial charge in [0.05, 0.1) is 16.4 Å². The lowest BCUT2D eigenvalue weighted by atomic mass is 10.0. The van der Waals surface area contributed by atoms with E-state index >= 15 is 0 Å². The van der Waals surface area contributed by atoms with Crippen molar-refractivity contribution in [1.82, 2.24) is 0 Å². The molecule has 2 fully saturated rings. The smallest absolute Gasteiger partial charge is 0.227 e. The largest absolute Gasteiger partial charge is 0.375 e. The molecule has 0 aliphatic heterocycles. The minimum Gasteiger partial charge on any atom is -0.375 e. The predicted molar refractivity (Wildman–Crippen MR) is 78.7 cm³/mol. The fraction of sp³-hybridized carbons (Fsp3) is 0.533. The first-order chi connectivity index (χ1) is 9.06. The number of halogens is 1. The molecule has 1 aromatic rings. The third-order valence-electron chi connectivity index (χ3n) is 4.31. The van der Waals surface area contributed by atoms with E-state index in [1.54, 1.807) is 0 Å². The molecule has 102 valence electrons. The molecule has 1 N–H and O–H groups in total. The molecule has 0 radical (unpaired) electrons. The van der Waals surface area contributed by atoms with Crippen LogP contribution in [-0.2, 0) is 4.79 Å². The molecule has 1 aromatic carbocycles. The van der Waals surface area contributed by atoms with E-state index in [0.717, 1.165) is 36.1 Å². The number of carbonyl (C=O) groups is 1. The van der Waals surface area contributed by atoms with Crippen LogP contribution in [0.5, 0.6) is 0 Å². The van der Waals surface area contributed by atoms with Gasteiger partial charge >= 0.3 is 0 Å². The zero-order valence-corrected chi connectivity index (χ0v) is 12.1. The van der Waals surface area contributed by atoms with Gasteiger partial charge in [-0.25, -0.2) is 0 Å². The van der Waals surface area contributed by atoms with Crippen molar-refractivity contribution in [3.05, 3.63) is 23.2 Å². The highest BCUT2D eigenvalue weighted by Crippen LogP contribution is 2.54. The van der Waals surface area contributed by atoms with Crippen molar-refractivity contribution in [3.8, 4) is 0 Å². The van der Waals surface area contributed by atoms with Crippen molar-refractivity contribution in [2.24, 2.45) is 17.8 Å². The van der Waals surface area contributed by atoms with E-state index in [4.69, 9.17) is 11.6 Å². The molecule has 2 unspecified atom stereocenters. The first kappa shape index (κ1) is 12.8. The lowest BCUT2D eigenvalue weighted by Gasteiger charge is -2.20. The number of fused-ring (bicyclic) bond motifs is 1. The zero-order valence-electron chi connectivity index (χ0n) is 11.3. The number of anilines is 2. The van der Waals surface area contributed by atoms with Gasteiger partial charge in [-0.15, -0.1) is 0 Å². The maximum atomic E-state index is 12.3. The third kappa shape index (κ3) is 2.44. The average Bonchev–Trinajstić information content (AvgIpc) is 2.95. The highest BCUT2D eigenvalue weighted by molar-refractivity contribution is 6.34. The fourth-order valence-corrected chi connectivity index (χ4v) is 3.58. The van der Waals surface area contributed by atoms with Crippen molar-refractivity contribution in [2.75, 3.05) is 24.3 Å². The molecule has 2 aliphatic carbocycles. The topological polar surface area (TPSA) is 32.3 Å². The number of nitrogens with one attached hydrogen (secondary N) is 1. The van der Waals surface area contributed by atoms with Crippen molar-refractivity contribution in [3.63, 3.8) is 0 Å². The van der Waals surface area contributed by atoms with Gasteiger partial charge in [-0.3, -0.25) is 4.79 Å². The first-order valence-corrected chi connectivity index (χ1v) is 7.20. The minimum atomic E-state index is 0.151. The number of nitrogens with zero attached hydrogens (tertiary/aromatic N) is 1. The van der Waals surface area contributed by atoms with E-state index in [0.29, 0.717) is 5.02 Å². The second-order valence-electron chi connectivity index (χ2n) is 5.94. The highest BCUT2D eigenvalue weighted by atomic mass is 35.5. The molecule has 2 aliphatic rings. The number of hydrogen-bond donors (Lipinski definition) is 1. The SMILES string of the molecule is CN(C)c1c(Cl)cccc1NC(=O)C1CC2CC2C1. The van der Waals surface area contributed by atoms with Crippen LogP contribution in [0.1, 0.15) is 19.3 Å². The third-order valence-corrected chi connectivity index (χ3v) is 4.61. The molecule has 4 heteroatoms.